The van der Waals surface area contributed by atoms with Gasteiger partial charge in [-0.15, -0.1) is 0 Å². The van der Waals surface area contributed by atoms with Crippen LogP contribution in [-0.4, -0.2) is 44.2 Å². The maximum atomic E-state index is 11.4. The smallest absolute Gasteiger partial charge is 0.337 e. The number of methoxy groups -OCH3 is 1. The van der Waals surface area contributed by atoms with Crippen LogP contribution in [0.1, 0.15) is 35.2 Å². The summed E-state index contributed by atoms with van der Waals surface area (Å²) >= 11 is 0. The van der Waals surface area contributed by atoms with Crippen molar-refractivity contribution in [3.05, 3.63) is 35.4 Å². The van der Waals surface area contributed by atoms with Gasteiger partial charge in [0.15, 0.2) is 0 Å². The number of hydrogen-bond acceptors (Lipinski definition) is 4. The molecule has 2 aliphatic heterocycles. The molecule has 1 aromatic carbocycles. The third kappa shape index (κ3) is 3.27. The molecule has 0 bridgehead atoms. The van der Waals surface area contributed by atoms with Crippen molar-refractivity contribution in [3.8, 4) is 0 Å². The number of carbonyl (C=O) groups is 1. The predicted octanol–water partition coefficient (Wildman–Crippen LogP) is 2.05. The van der Waals surface area contributed by atoms with Gasteiger partial charge in [-0.1, -0.05) is 12.1 Å². The number of piperidine rings is 1. The molecule has 1 spiro atoms. The van der Waals surface area contributed by atoms with Crippen LogP contribution in [0.4, 0.5) is 0 Å². The molecule has 0 amide bonds. The van der Waals surface area contributed by atoms with Crippen LogP contribution in [0.2, 0.25) is 0 Å². The molecule has 2 heterocycles. The minimum absolute atomic E-state index is 0.267. The monoisotopic (exact) mass is 288 g/mol. The van der Waals surface area contributed by atoms with Crippen molar-refractivity contribution in [1.29, 1.82) is 0 Å². The Morgan fingerprint density at radius 2 is 1.95 bits per heavy atom. The highest BCUT2D eigenvalue weighted by Crippen LogP contribution is 2.38. The number of nitrogens with one attached hydrogen (secondary N) is 1. The second kappa shape index (κ2) is 6.16. The van der Waals surface area contributed by atoms with Crippen molar-refractivity contribution in [2.45, 2.75) is 25.8 Å². The van der Waals surface area contributed by atoms with Gasteiger partial charge in [-0.2, -0.15) is 0 Å². The second-order valence-corrected chi connectivity index (χ2v) is 6.40. The highest BCUT2D eigenvalue weighted by atomic mass is 16.5. The quantitative estimate of drug-likeness (QED) is 0.864. The normalized spacial score (nSPS) is 21.6. The molecule has 114 valence electrons. The van der Waals surface area contributed by atoms with Crippen molar-refractivity contribution >= 4 is 5.97 Å². The highest BCUT2D eigenvalue weighted by Gasteiger charge is 2.38. The first-order valence-electron chi connectivity index (χ1n) is 7.81. The van der Waals surface area contributed by atoms with Crippen molar-refractivity contribution in [2.75, 3.05) is 33.3 Å². The lowest BCUT2D eigenvalue weighted by molar-refractivity contribution is 0.0600. The predicted molar refractivity (Wildman–Crippen MR) is 82.2 cm³/mol. The first-order chi connectivity index (χ1) is 10.2. The van der Waals surface area contributed by atoms with Crippen LogP contribution >= 0.6 is 0 Å². The fourth-order valence-electron chi connectivity index (χ4n) is 3.65. The summed E-state index contributed by atoms with van der Waals surface area (Å²) in [6.07, 6.45) is 3.95. The van der Waals surface area contributed by atoms with E-state index in [-0.39, 0.29) is 5.97 Å². The summed E-state index contributed by atoms with van der Waals surface area (Å²) in [5.41, 5.74) is 2.45. The molecule has 2 saturated heterocycles. The average Bonchev–Trinajstić information content (AvgIpc) is 2.90. The molecule has 4 nitrogen and oxygen atoms in total. The molecule has 2 aliphatic rings. The standard InChI is InChI=1S/C17H24N2O2/c1-21-16(20)15-4-2-14(3-5-15)12-19-11-8-17(13-19)6-9-18-10-7-17/h2-5,18H,6-13H2,1H3. The van der Waals surface area contributed by atoms with Crippen molar-refractivity contribution in [3.63, 3.8) is 0 Å². The molecule has 1 aromatic rings. The van der Waals surface area contributed by atoms with Crippen LogP contribution in [0.5, 0.6) is 0 Å². The Kier molecular flexibility index (Phi) is 4.27. The van der Waals surface area contributed by atoms with Crippen molar-refractivity contribution in [1.82, 2.24) is 10.2 Å². The number of carbonyl (C=O) groups excluding carboxylic acids is 1. The van der Waals surface area contributed by atoms with Gasteiger partial charge in [0.05, 0.1) is 12.7 Å². The Labute approximate surface area is 126 Å². The number of nitrogens with zero attached hydrogens (tertiary/aromatic N) is 1. The second-order valence-electron chi connectivity index (χ2n) is 6.40. The van der Waals surface area contributed by atoms with Gasteiger partial charge in [0.2, 0.25) is 0 Å². The van der Waals surface area contributed by atoms with E-state index >= 15 is 0 Å². The van der Waals surface area contributed by atoms with Gasteiger partial charge in [0.25, 0.3) is 0 Å². The van der Waals surface area contributed by atoms with Crippen LogP contribution in [0, 0.1) is 5.41 Å². The summed E-state index contributed by atoms with van der Waals surface area (Å²) in [5.74, 6) is -0.267. The zero-order valence-electron chi connectivity index (χ0n) is 12.7. The molecule has 2 fully saturated rings. The molecule has 0 unspecified atom stereocenters. The van der Waals surface area contributed by atoms with Gasteiger partial charge in [0.1, 0.15) is 0 Å². The van der Waals surface area contributed by atoms with Crippen LogP contribution in [0.3, 0.4) is 0 Å². The average molecular weight is 288 g/mol. The fraction of sp³-hybridized carbons (Fsp3) is 0.588. The molecule has 0 aliphatic carbocycles. The zero-order chi connectivity index (χ0) is 14.7. The van der Waals surface area contributed by atoms with Crippen LogP contribution in [0.15, 0.2) is 24.3 Å². The molecule has 3 rings (SSSR count). The molecule has 0 saturated carbocycles. The van der Waals surface area contributed by atoms with Gasteiger partial charge in [-0.3, -0.25) is 4.90 Å². The summed E-state index contributed by atoms with van der Waals surface area (Å²) < 4.78 is 4.73. The lowest BCUT2D eigenvalue weighted by Crippen LogP contribution is -2.38. The lowest BCUT2D eigenvalue weighted by atomic mass is 9.78. The van der Waals surface area contributed by atoms with Gasteiger partial charge < -0.3 is 10.1 Å². The SMILES string of the molecule is COC(=O)c1ccc(CN2CCC3(CCNCC3)C2)cc1. The molecule has 4 heteroatoms. The Balaban J connectivity index is 1.58. The maximum absolute atomic E-state index is 11.4. The number of hydrogen-bond donors (Lipinski definition) is 1. The first kappa shape index (κ1) is 14.5. The summed E-state index contributed by atoms with van der Waals surface area (Å²) in [4.78, 5) is 14.0. The van der Waals surface area contributed by atoms with Gasteiger partial charge >= 0.3 is 5.97 Å². The minimum atomic E-state index is -0.267. The summed E-state index contributed by atoms with van der Waals surface area (Å²) in [5, 5.41) is 3.46. The van der Waals surface area contributed by atoms with Gasteiger partial charge in [0, 0.05) is 13.1 Å². The third-order valence-corrected chi connectivity index (χ3v) is 4.96. The summed E-state index contributed by atoms with van der Waals surface area (Å²) in [6.45, 7) is 5.73. The van der Waals surface area contributed by atoms with E-state index in [4.69, 9.17) is 4.74 Å². The van der Waals surface area contributed by atoms with Gasteiger partial charge in [-0.25, -0.2) is 4.79 Å². The number of esters is 1. The van der Waals surface area contributed by atoms with Crippen LogP contribution in [0.25, 0.3) is 0 Å². The largest absolute Gasteiger partial charge is 0.465 e. The van der Waals surface area contributed by atoms with E-state index in [0.29, 0.717) is 11.0 Å². The minimum Gasteiger partial charge on any atom is -0.465 e. The Bertz CT molecular complexity index is 492. The Hall–Kier alpha value is -1.39. The molecule has 0 aromatic heterocycles. The number of benzene rings is 1. The molecule has 21 heavy (non-hydrogen) atoms. The van der Waals surface area contributed by atoms with E-state index in [1.54, 1.807) is 0 Å². The van der Waals surface area contributed by atoms with Crippen LogP contribution < -0.4 is 5.32 Å². The first-order valence-corrected chi connectivity index (χ1v) is 7.81. The highest BCUT2D eigenvalue weighted by molar-refractivity contribution is 5.89. The molecule has 0 radical (unpaired) electrons. The summed E-state index contributed by atoms with van der Waals surface area (Å²) in [7, 11) is 1.42. The Morgan fingerprint density at radius 3 is 2.62 bits per heavy atom. The molecule has 1 N–H and O–H groups in total. The van der Waals surface area contributed by atoms with E-state index in [0.717, 1.165) is 6.54 Å². The zero-order valence-corrected chi connectivity index (χ0v) is 12.7. The molecular weight excluding hydrogens is 264 g/mol. The van der Waals surface area contributed by atoms with E-state index in [1.807, 2.05) is 24.3 Å². The van der Waals surface area contributed by atoms with E-state index in [9.17, 15) is 4.79 Å². The fourth-order valence-corrected chi connectivity index (χ4v) is 3.65. The van der Waals surface area contributed by atoms with Gasteiger partial charge in [-0.05, 0) is 62.0 Å². The van der Waals surface area contributed by atoms with E-state index in [2.05, 4.69) is 10.2 Å². The Morgan fingerprint density at radius 1 is 1.24 bits per heavy atom. The summed E-state index contributed by atoms with van der Waals surface area (Å²) in [6, 6.07) is 7.80. The van der Waals surface area contributed by atoms with E-state index in [1.165, 1.54) is 58.1 Å². The van der Waals surface area contributed by atoms with Crippen molar-refractivity contribution in [2.24, 2.45) is 5.41 Å². The number of ether oxygens (including phenoxy) is 1. The van der Waals surface area contributed by atoms with Crippen molar-refractivity contribution < 1.29 is 9.53 Å². The van der Waals surface area contributed by atoms with Crippen LogP contribution in [-0.2, 0) is 11.3 Å². The topological polar surface area (TPSA) is 41.6 Å². The molecular formula is C17H24N2O2. The number of likely N-dealkylation sites (tertiary alicyclic amines) is 1. The lowest BCUT2D eigenvalue weighted by Gasteiger charge is -2.33. The maximum Gasteiger partial charge on any atom is 0.337 e. The third-order valence-electron chi connectivity index (χ3n) is 4.96. The van der Waals surface area contributed by atoms with E-state index < -0.39 is 0 Å². The number of rotatable bonds is 3. The molecule has 0 atom stereocenters.